The Kier molecular flexibility index (Phi) is 24.6. The van der Waals surface area contributed by atoms with Crippen molar-refractivity contribution in [1.29, 1.82) is 0 Å². The van der Waals surface area contributed by atoms with Crippen LogP contribution in [0.2, 0.25) is 78.6 Å². The molecule has 0 N–H and O–H groups in total. The third kappa shape index (κ3) is 18.3. The number of fused-ring (bicyclic) bond motifs is 3. The first kappa shape index (κ1) is 84.7. The average molecular weight is 1630 g/mol. The van der Waals surface area contributed by atoms with Gasteiger partial charge in [-0.2, -0.15) is 0 Å². The molecule has 0 aliphatic rings. The first-order chi connectivity index (χ1) is 55.5. The van der Waals surface area contributed by atoms with E-state index < -0.39 is 48.4 Å². The van der Waals surface area contributed by atoms with Crippen molar-refractivity contribution in [3.05, 3.63) is 375 Å². The van der Waals surface area contributed by atoms with Gasteiger partial charge in [0.2, 0.25) is 0 Å². The summed E-state index contributed by atoms with van der Waals surface area (Å²) in [7, 11) is -10.7. The van der Waals surface area contributed by atoms with Gasteiger partial charge in [0.25, 0.3) is 0 Å². The molecule has 3 nitrogen and oxygen atoms in total. The molecule has 0 unspecified atom stereocenters. The fourth-order valence-electron chi connectivity index (χ4n) is 16.9. The van der Waals surface area contributed by atoms with Crippen LogP contribution in [-0.4, -0.2) is 53.0 Å². The quantitative estimate of drug-likeness (QED) is 0.0627. The molecule has 0 saturated carbocycles. The molecule has 15 rings (SSSR count). The highest BCUT2D eigenvalue weighted by Gasteiger charge is 2.43. The minimum Gasteiger partial charge on any atom is -0.335 e. The summed E-state index contributed by atoms with van der Waals surface area (Å²) >= 11 is 0. The zero-order valence-electron chi connectivity index (χ0n) is 73.5. The number of nitrogens with zero attached hydrogens (tertiary/aromatic N) is 3. The van der Waals surface area contributed by atoms with Crippen molar-refractivity contribution in [2.75, 3.05) is 9.80 Å². The molecule has 1 heterocycles. The van der Waals surface area contributed by atoms with Crippen LogP contribution in [0.4, 0.5) is 34.1 Å². The molecule has 9 heteroatoms. The second kappa shape index (κ2) is 34.0. The van der Waals surface area contributed by atoms with Crippen molar-refractivity contribution < 1.29 is 0 Å². The Morgan fingerprint density at radius 1 is 0.197 bits per heavy atom. The highest BCUT2D eigenvalue weighted by atomic mass is 28.3. The van der Waals surface area contributed by atoms with Crippen LogP contribution >= 0.6 is 0 Å². The van der Waals surface area contributed by atoms with Crippen LogP contribution in [0, 0.1) is 0 Å². The largest absolute Gasteiger partial charge is 0.335 e. The van der Waals surface area contributed by atoms with Crippen molar-refractivity contribution in [3.8, 4) is 0 Å². The summed E-state index contributed by atoms with van der Waals surface area (Å²) in [4.78, 5) is 4.81. The molecule has 0 spiro atoms. The van der Waals surface area contributed by atoms with E-state index in [0.29, 0.717) is 0 Å². The van der Waals surface area contributed by atoms with Crippen molar-refractivity contribution in [2.45, 2.75) is 157 Å². The van der Waals surface area contributed by atoms with Gasteiger partial charge in [0.15, 0.2) is 16.1 Å². The Balaban J connectivity index is 0.000000176. The molecule has 0 atom stereocenters. The zero-order chi connectivity index (χ0) is 83.5. The van der Waals surface area contributed by atoms with Crippen LogP contribution in [0.5, 0.6) is 0 Å². The molecule has 0 fully saturated rings. The Morgan fingerprint density at radius 2 is 0.376 bits per heavy atom. The molecule has 0 amide bonds. The van der Waals surface area contributed by atoms with Gasteiger partial charge in [-0.3, -0.25) is 0 Å². The molecule has 1 aromatic heterocycles. The Hall–Kier alpha value is -10.2. The van der Waals surface area contributed by atoms with Gasteiger partial charge in [0.1, 0.15) is 0 Å². The predicted octanol–water partition coefficient (Wildman–Crippen LogP) is 22.4. The summed E-state index contributed by atoms with van der Waals surface area (Å²) in [5.74, 6) is 0. The molecule has 594 valence electrons. The van der Waals surface area contributed by atoms with Crippen LogP contribution < -0.4 is 72.0 Å². The normalized spacial score (nSPS) is 12.5. The number of benzene rings is 14. The molecule has 15 aromatic rings. The Morgan fingerprint density at radius 3 is 0.564 bits per heavy atom. The van der Waals surface area contributed by atoms with Gasteiger partial charge in [0, 0.05) is 61.5 Å². The molecule has 0 saturated heterocycles. The molecule has 0 aliphatic carbocycles. The monoisotopic (exact) mass is 1630 g/mol. The number of rotatable bonds is 18. The van der Waals surface area contributed by atoms with E-state index in [2.05, 4.69) is 519 Å². The van der Waals surface area contributed by atoms with E-state index in [0.717, 1.165) is 17.1 Å². The van der Waals surface area contributed by atoms with Gasteiger partial charge in [-0.15, -0.1) is 0 Å². The van der Waals surface area contributed by atoms with Crippen LogP contribution in [0.25, 0.3) is 21.8 Å². The van der Waals surface area contributed by atoms with Crippen LogP contribution in [-0.2, 0) is 16.4 Å². The summed E-state index contributed by atoms with van der Waals surface area (Å²) in [6.45, 7) is 49.6. The Labute approximate surface area is 707 Å². The van der Waals surface area contributed by atoms with Crippen molar-refractivity contribution in [3.63, 3.8) is 0 Å². The first-order valence-electron chi connectivity index (χ1n) is 42.1. The second-order valence-corrected chi connectivity index (χ2v) is 67.0. The minimum atomic E-state index is -2.68. The van der Waals surface area contributed by atoms with Gasteiger partial charge in [-0.25, -0.2) is 0 Å². The third-order valence-electron chi connectivity index (χ3n) is 23.5. The number of aromatic nitrogens is 1. The molecule has 0 radical (unpaired) electrons. The van der Waals surface area contributed by atoms with E-state index in [9.17, 15) is 0 Å². The lowest BCUT2D eigenvalue weighted by Gasteiger charge is -2.35. The number of hydrogen-bond acceptors (Lipinski definition) is 2. The third-order valence-corrected chi connectivity index (χ3v) is 41.3. The topological polar surface area (TPSA) is 11.4 Å². The van der Waals surface area contributed by atoms with Gasteiger partial charge >= 0.3 is 0 Å². The molecule has 0 bridgehead atoms. The van der Waals surface area contributed by atoms with Gasteiger partial charge in [-0.1, -0.05) is 420 Å². The smallest absolute Gasteiger partial charge is 0.179 e. The summed E-state index contributed by atoms with van der Waals surface area (Å²) in [5, 5.41) is 19.9. The van der Waals surface area contributed by atoms with E-state index in [4.69, 9.17) is 0 Å². The zero-order valence-corrected chi connectivity index (χ0v) is 79.5. The summed E-state index contributed by atoms with van der Waals surface area (Å²) < 4.78 is 2.53. The average Bonchev–Trinajstić information content (AvgIpc) is 1.71. The van der Waals surface area contributed by atoms with Crippen molar-refractivity contribution in [2.24, 2.45) is 0 Å². The number of hydrogen-bond donors (Lipinski definition) is 0. The van der Waals surface area contributed by atoms with E-state index in [-0.39, 0.29) is 16.4 Å². The van der Waals surface area contributed by atoms with Crippen molar-refractivity contribution >= 4 is 167 Å². The SMILES string of the molecule is CC(C)(C)c1ccc(N(c2ccc([Si](C)(C)C)cc2)c2ccc([Si](C)(C)C)cc2)cc1.CC(C)(C)c1ccc(N(c2ccc([Si](c3ccccc3)(c3ccccc3)c3ccccc3)cc2)c2ccc([Si](c3ccccc3)(c3ccccc3)c3ccccc3)cc2)cc1.CC(C)(C)n1c2ccc([Si](C)(C)C)cc2c2cc([Si](C)(C)C)ccc21. The van der Waals surface area contributed by atoms with E-state index in [1.807, 2.05) is 0 Å². The van der Waals surface area contributed by atoms with Crippen LogP contribution in [0.3, 0.4) is 0 Å². The van der Waals surface area contributed by atoms with Crippen molar-refractivity contribution in [1.82, 2.24) is 4.57 Å². The standard InChI is InChI=1S/C58H51NSi2.C28H39NSi2.C22H33NSi2/c1-58(2,3)46-34-36-47(37-35-46)59(48-38-42-56(43-39-48)60(50-22-10-4-11-23-50,51-24-12-5-13-25-51)52-26-14-6-15-27-52)49-40-44-57(45-41-49)61(53-28-16-7-17-29-53,54-30-18-8-19-31-54)55-32-20-9-21-33-55;1-28(2,3)22-10-12-23(13-11-22)29(24-14-18-26(19-15-24)30(4,5)6)25-16-20-27(21-17-25)31(7,8)9;1-22(2,3)23-20-12-10-16(24(4,5)6)14-18(20)19-15-17(25(7,8)9)11-13-21(19)23/h4-45H,1-3H3;10-21H,1-9H3;10-15H,1-9H3. The lowest BCUT2D eigenvalue weighted by atomic mass is 9.87. The molecule has 0 aliphatic heterocycles. The van der Waals surface area contributed by atoms with E-state index in [1.165, 1.54) is 102 Å². The van der Waals surface area contributed by atoms with Gasteiger partial charge in [-0.05, 0) is 169 Å². The summed E-state index contributed by atoms with van der Waals surface area (Å²) in [6, 6.07) is 137. The predicted molar refractivity (Wildman–Crippen MR) is 533 cm³/mol. The van der Waals surface area contributed by atoms with Crippen LogP contribution in [0.15, 0.2) is 364 Å². The first-order valence-corrected chi connectivity index (χ1v) is 60.1. The minimum absolute atomic E-state index is 0.0488. The number of anilines is 6. The highest BCUT2D eigenvalue weighted by Crippen LogP contribution is 2.39. The maximum atomic E-state index is 2.53. The molecule has 117 heavy (non-hydrogen) atoms. The summed E-state index contributed by atoms with van der Waals surface area (Å²) in [5.41, 5.74) is 12.7. The summed E-state index contributed by atoms with van der Waals surface area (Å²) in [6.07, 6.45) is 0. The van der Waals surface area contributed by atoms with E-state index in [1.54, 1.807) is 10.4 Å². The lowest BCUT2D eigenvalue weighted by molar-refractivity contribution is 0.423. The maximum absolute atomic E-state index is 2.68. The highest BCUT2D eigenvalue weighted by molar-refractivity contribution is 7.20. The Bertz CT molecular complexity index is 5200. The van der Waals surface area contributed by atoms with Crippen LogP contribution in [0.1, 0.15) is 73.4 Å². The molecular weight excluding hydrogens is 1510 g/mol. The maximum Gasteiger partial charge on any atom is 0.179 e. The fraction of sp³-hybridized carbons (Fsp3) is 0.222. The second-order valence-electron chi connectivity index (χ2n) is 39.1. The molecular formula is C108H123N3Si6. The lowest BCUT2D eigenvalue weighted by Crippen LogP contribution is -2.74. The molecule has 14 aromatic carbocycles. The van der Waals surface area contributed by atoms with Gasteiger partial charge in [0.05, 0.1) is 32.3 Å². The van der Waals surface area contributed by atoms with Gasteiger partial charge < -0.3 is 14.4 Å². The van der Waals surface area contributed by atoms with E-state index >= 15 is 0 Å². The fourth-order valence-corrected chi connectivity index (χ4v) is 31.0.